The van der Waals surface area contributed by atoms with Crippen LogP contribution in [0.15, 0.2) is 72.1 Å². The number of aromatic nitrogens is 1. The molecule has 1 amide bonds. The summed E-state index contributed by atoms with van der Waals surface area (Å²) in [7, 11) is -3.33. The van der Waals surface area contributed by atoms with Crippen LogP contribution in [0.5, 0.6) is 0 Å². The number of anilines is 1. The van der Waals surface area contributed by atoms with Crippen molar-refractivity contribution < 1.29 is 13.2 Å². The third-order valence-electron chi connectivity index (χ3n) is 6.38. The number of carbonyl (C=O) groups is 1. The summed E-state index contributed by atoms with van der Waals surface area (Å²) in [5.74, 6) is -0.297. The lowest BCUT2D eigenvalue weighted by Gasteiger charge is -2.46. The predicted octanol–water partition coefficient (Wildman–Crippen LogP) is 2.75. The molecule has 0 spiro atoms. The normalized spacial score (nSPS) is 19.9. The van der Waals surface area contributed by atoms with E-state index in [0.717, 1.165) is 24.0 Å². The maximum atomic E-state index is 13.2. The molecule has 1 aliphatic carbocycles. The molecule has 1 fully saturated rings. The van der Waals surface area contributed by atoms with Gasteiger partial charge in [0.05, 0.1) is 29.1 Å². The summed E-state index contributed by atoms with van der Waals surface area (Å²) in [4.78, 5) is 21.1. The molecule has 9 heteroatoms. The molecule has 1 aromatic carbocycles. The first-order valence-corrected chi connectivity index (χ1v) is 13.6. The number of benzene rings is 1. The number of carbonyl (C=O) groups excluding carboxylic acids is 1. The molecule has 2 aliphatic rings. The fourth-order valence-corrected chi connectivity index (χ4v) is 5.92. The zero-order chi connectivity index (χ0) is 25.0. The van der Waals surface area contributed by atoms with Gasteiger partial charge in [-0.1, -0.05) is 36.4 Å². The van der Waals surface area contributed by atoms with Crippen LogP contribution in [-0.2, 0) is 9.84 Å². The first kappa shape index (κ1) is 24.6. The minimum atomic E-state index is -3.33. The molecule has 0 bridgehead atoms. The summed E-state index contributed by atoms with van der Waals surface area (Å²) >= 11 is 0. The van der Waals surface area contributed by atoms with Gasteiger partial charge >= 0.3 is 0 Å². The summed E-state index contributed by atoms with van der Waals surface area (Å²) in [5.41, 5.74) is 9.33. The van der Waals surface area contributed by atoms with Crippen LogP contribution in [-0.4, -0.2) is 66.8 Å². The zero-order valence-corrected chi connectivity index (χ0v) is 20.5. The Morgan fingerprint density at radius 3 is 2.71 bits per heavy atom. The van der Waals surface area contributed by atoms with Gasteiger partial charge in [0, 0.05) is 49.9 Å². The number of nitrogens with two attached hydrogens (primary N) is 1. The molecule has 4 rings (SSSR count). The largest absolute Gasteiger partial charge is 0.397 e. The maximum absolute atomic E-state index is 13.2. The van der Waals surface area contributed by atoms with Gasteiger partial charge in [-0.2, -0.15) is 5.26 Å². The summed E-state index contributed by atoms with van der Waals surface area (Å²) < 4.78 is 24.9. The van der Waals surface area contributed by atoms with E-state index < -0.39 is 15.9 Å². The van der Waals surface area contributed by atoms with Crippen molar-refractivity contribution in [2.45, 2.75) is 24.9 Å². The van der Waals surface area contributed by atoms with E-state index in [2.05, 4.69) is 16.0 Å². The molecule has 35 heavy (non-hydrogen) atoms. The average Bonchev–Trinajstić information content (AvgIpc) is 2.84. The number of amides is 1. The van der Waals surface area contributed by atoms with Gasteiger partial charge in [-0.3, -0.25) is 14.7 Å². The number of nitriles is 1. The van der Waals surface area contributed by atoms with Gasteiger partial charge in [0.1, 0.15) is 9.84 Å². The van der Waals surface area contributed by atoms with Gasteiger partial charge in [0.25, 0.3) is 5.91 Å². The van der Waals surface area contributed by atoms with E-state index >= 15 is 0 Å². The summed E-state index contributed by atoms with van der Waals surface area (Å²) in [6, 6.07) is 13.2. The Labute approximate surface area is 206 Å². The van der Waals surface area contributed by atoms with Crippen molar-refractivity contribution in [2.75, 3.05) is 37.4 Å². The van der Waals surface area contributed by atoms with Crippen LogP contribution in [0.2, 0.25) is 0 Å². The van der Waals surface area contributed by atoms with Gasteiger partial charge in [-0.15, -0.1) is 0 Å². The quantitative estimate of drug-likeness (QED) is 0.660. The van der Waals surface area contributed by atoms with Crippen molar-refractivity contribution in [1.82, 2.24) is 14.8 Å². The number of rotatable bonds is 6. The number of piperazine rings is 1. The van der Waals surface area contributed by atoms with E-state index in [1.54, 1.807) is 11.0 Å². The van der Waals surface area contributed by atoms with E-state index in [0.29, 0.717) is 29.9 Å². The van der Waals surface area contributed by atoms with Crippen molar-refractivity contribution in [3.8, 4) is 6.07 Å². The molecule has 0 radical (unpaired) electrons. The Morgan fingerprint density at radius 1 is 1.26 bits per heavy atom. The van der Waals surface area contributed by atoms with Crippen molar-refractivity contribution in [3.05, 3.63) is 83.2 Å². The second-order valence-electron chi connectivity index (χ2n) is 9.08. The first-order valence-electron chi connectivity index (χ1n) is 11.5. The highest BCUT2D eigenvalue weighted by Crippen LogP contribution is 2.37. The number of sulfone groups is 1. The molecular formula is C26H29N5O3S. The first-order chi connectivity index (χ1) is 16.7. The lowest BCUT2D eigenvalue weighted by Crippen LogP contribution is -2.58. The standard InChI is InChI=1S/C26H29N5O3S/c1-35(33,34)18-24-17-30(26(32)22-13-23(28)16-29-15-22)10-11-31(24)25(20-7-3-2-4-8-20)21-9-5-6-19(12-21)14-27/h2-4,6-8,12-13,15-16,24-25H,5,9-11,17-18,28H2,1H3/t24-,25-/m0/s1. The third-order valence-corrected chi connectivity index (χ3v) is 7.37. The second-order valence-corrected chi connectivity index (χ2v) is 11.3. The topological polar surface area (TPSA) is 120 Å². The van der Waals surface area contributed by atoms with Gasteiger partial charge < -0.3 is 10.6 Å². The van der Waals surface area contributed by atoms with Crippen LogP contribution in [0.1, 0.15) is 34.8 Å². The van der Waals surface area contributed by atoms with Crippen molar-refractivity contribution in [2.24, 2.45) is 0 Å². The second kappa shape index (κ2) is 10.4. The van der Waals surface area contributed by atoms with E-state index in [1.165, 1.54) is 18.6 Å². The number of allylic oxidation sites excluding steroid dienone is 3. The molecule has 2 aromatic rings. The number of nitrogen functional groups attached to an aromatic ring is 1. The minimum absolute atomic E-state index is 0.0798. The maximum Gasteiger partial charge on any atom is 0.255 e. The molecule has 2 atom stereocenters. The molecule has 182 valence electrons. The van der Waals surface area contributed by atoms with Gasteiger partial charge in [0.15, 0.2) is 0 Å². The molecule has 1 aromatic heterocycles. The van der Waals surface area contributed by atoms with Gasteiger partial charge in [0.2, 0.25) is 0 Å². The zero-order valence-electron chi connectivity index (χ0n) is 19.7. The number of pyridine rings is 1. The molecule has 8 nitrogen and oxygen atoms in total. The monoisotopic (exact) mass is 491 g/mol. The highest BCUT2D eigenvalue weighted by Gasteiger charge is 2.38. The average molecular weight is 492 g/mol. The number of nitrogens with zero attached hydrogens (tertiary/aromatic N) is 4. The molecule has 2 heterocycles. The Hall–Kier alpha value is -3.48. The predicted molar refractivity (Wildman–Crippen MR) is 135 cm³/mol. The van der Waals surface area contributed by atoms with E-state index in [1.807, 2.05) is 42.5 Å². The van der Waals surface area contributed by atoms with Crippen LogP contribution in [0.25, 0.3) is 0 Å². The number of hydrogen-bond donors (Lipinski definition) is 1. The van der Waals surface area contributed by atoms with Crippen LogP contribution in [0.3, 0.4) is 0 Å². The smallest absolute Gasteiger partial charge is 0.255 e. The molecular weight excluding hydrogens is 462 g/mol. The molecule has 0 saturated carbocycles. The van der Waals surface area contributed by atoms with Crippen molar-refractivity contribution in [1.29, 1.82) is 5.26 Å². The molecule has 1 saturated heterocycles. The Bertz CT molecular complexity index is 1300. The van der Waals surface area contributed by atoms with Crippen LogP contribution >= 0.6 is 0 Å². The van der Waals surface area contributed by atoms with Crippen LogP contribution in [0.4, 0.5) is 5.69 Å². The van der Waals surface area contributed by atoms with E-state index in [9.17, 15) is 18.5 Å². The third kappa shape index (κ3) is 5.96. The summed E-state index contributed by atoms with van der Waals surface area (Å²) in [6.45, 7) is 1.19. The highest BCUT2D eigenvalue weighted by atomic mass is 32.2. The summed E-state index contributed by atoms with van der Waals surface area (Å²) in [5, 5.41) is 9.49. The van der Waals surface area contributed by atoms with Gasteiger partial charge in [-0.25, -0.2) is 8.42 Å². The number of hydrogen-bond acceptors (Lipinski definition) is 7. The highest BCUT2D eigenvalue weighted by molar-refractivity contribution is 7.90. The molecule has 0 unspecified atom stereocenters. The van der Waals surface area contributed by atoms with Crippen molar-refractivity contribution in [3.63, 3.8) is 0 Å². The minimum Gasteiger partial charge on any atom is -0.397 e. The molecule has 2 N–H and O–H groups in total. The fourth-order valence-electron chi connectivity index (χ4n) is 4.92. The lowest BCUT2D eigenvalue weighted by molar-refractivity contribution is 0.0425. The van der Waals surface area contributed by atoms with Crippen molar-refractivity contribution >= 4 is 21.4 Å². The fraction of sp³-hybridized carbons (Fsp3) is 0.346. The van der Waals surface area contributed by atoms with Gasteiger partial charge in [-0.05, 0) is 36.1 Å². The SMILES string of the molecule is CS(=O)(=O)C[C@@H]1CN(C(=O)c2cncc(N)c2)CCN1[C@H](C1=CC(C#N)=CCC1)c1ccccc1. The Kier molecular flexibility index (Phi) is 7.34. The lowest BCUT2D eigenvalue weighted by atomic mass is 9.88. The van der Waals surface area contributed by atoms with Crippen LogP contribution < -0.4 is 5.73 Å². The van der Waals surface area contributed by atoms with Crippen LogP contribution in [0, 0.1) is 11.3 Å². The Balaban J connectivity index is 1.70. The summed E-state index contributed by atoms with van der Waals surface area (Å²) in [6.07, 6.45) is 9.58. The van der Waals surface area contributed by atoms with E-state index in [4.69, 9.17) is 5.73 Å². The van der Waals surface area contributed by atoms with E-state index in [-0.39, 0.29) is 24.2 Å². The Morgan fingerprint density at radius 2 is 2.03 bits per heavy atom. The molecule has 1 aliphatic heterocycles.